The summed E-state index contributed by atoms with van der Waals surface area (Å²) >= 11 is 0. The second kappa shape index (κ2) is 16.9. The molecule has 4 aromatic heterocycles. The van der Waals surface area contributed by atoms with Crippen molar-refractivity contribution in [2.75, 3.05) is 9.80 Å². The summed E-state index contributed by atoms with van der Waals surface area (Å²) in [5.74, 6) is 1.12. The van der Waals surface area contributed by atoms with E-state index in [2.05, 4.69) is 131 Å². The van der Waals surface area contributed by atoms with Gasteiger partial charge in [0.15, 0.2) is 11.2 Å². The third-order valence-electron chi connectivity index (χ3n) is 13.1. The van der Waals surface area contributed by atoms with Crippen LogP contribution in [0, 0.1) is 0 Å². The van der Waals surface area contributed by atoms with Gasteiger partial charge in [-0.05, 0) is 157 Å². The maximum atomic E-state index is 6.73. The van der Waals surface area contributed by atoms with E-state index in [1.54, 1.807) is 4.80 Å². The summed E-state index contributed by atoms with van der Waals surface area (Å²) in [7, 11) is 0. The van der Waals surface area contributed by atoms with Crippen molar-refractivity contribution in [2.24, 2.45) is 0 Å². The van der Waals surface area contributed by atoms with Crippen molar-refractivity contribution in [2.45, 2.75) is 0 Å². The van der Waals surface area contributed by atoms with Crippen LogP contribution >= 0.6 is 0 Å². The average molecular weight is 930 g/mol. The molecular formula is C62H39N7O3. The lowest BCUT2D eigenvalue weighted by atomic mass is 10.0. The minimum Gasteiger partial charge on any atom is -0.456 e. The fourth-order valence-electron chi connectivity index (χ4n) is 9.62. The first-order chi connectivity index (χ1) is 35.6. The summed E-state index contributed by atoms with van der Waals surface area (Å²) in [5.41, 5.74) is 16.9. The molecule has 0 unspecified atom stereocenters. The van der Waals surface area contributed by atoms with E-state index < -0.39 is 0 Å². The Morgan fingerprint density at radius 3 is 1.54 bits per heavy atom. The van der Waals surface area contributed by atoms with E-state index in [4.69, 9.17) is 33.4 Å². The molecule has 14 rings (SSSR count). The highest BCUT2D eigenvalue weighted by molar-refractivity contribution is 6.08. The second-order valence-electron chi connectivity index (χ2n) is 17.6. The Morgan fingerprint density at radius 1 is 0.292 bits per heavy atom. The summed E-state index contributed by atoms with van der Waals surface area (Å²) in [5, 5.41) is 11.6. The van der Waals surface area contributed by atoms with Crippen molar-refractivity contribution < 1.29 is 13.3 Å². The zero-order chi connectivity index (χ0) is 47.5. The number of benzene rings is 10. The van der Waals surface area contributed by atoms with Gasteiger partial charge in [0.05, 0.1) is 5.69 Å². The minimum atomic E-state index is 0.551. The van der Waals surface area contributed by atoms with Crippen LogP contribution in [-0.2, 0) is 0 Å². The predicted molar refractivity (Wildman–Crippen MR) is 287 cm³/mol. The molecule has 0 aliphatic carbocycles. The van der Waals surface area contributed by atoms with Gasteiger partial charge in [0.2, 0.25) is 11.8 Å². The summed E-state index contributed by atoms with van der Waals surface area (Å²) in [6.07, 6.45) is 0. The fourth-order valence-corrected chi connectivity index (χ4v) is 9.62. The number of rotatable bonds is 10. The van der Waals surface area contributed by atoms with Crippen LogP contribution in [0.4, 0.5) is 34.1 Å². The SMILES string of the molecule is c1ccc(N(c2cccc(-c3ccc4nn(-c5ccccc5)nc4c3)c2)c2ccc3oc4cc(N(c5ccc(-c6nc7ccccc7o6)cc5)c5cccc(-c6nc7ccccc7o6)c5)ccc4c3c2)cc1. The first-order valence-electron chi connectivity index (χ1n) is 23.7. The zero-order valence-electron chi connectivity index (χ0n) is 38.4. The van der Waals surface area contributed by atoms with E-state index in [-0.39, 0.29) is 0 Å². The number of hydrogen-bond donors (Lipinski definition) is 0. The van der Waals surface area contributed by atoms with Gasteiger partial charge in [0, 0.05) is 62.1 Å². The summed E-state index contributed by atoms with van der Waals surface area (Å²) in [6, 6.07) is 80.3. The lowest BCUT2D eigenvalue weighted by molar-refractivity contribution is 0.619. The number of oxazole rings is 2. The van der Waals surface area contributed by atoms with Gasteiger partial charge in [-0.2, -0.15) is 4.80 Å². The second-order valence-corrected chi connectivity index (χ2v) is 17.6. The van der Waals surface area contributed by atoms with Crippen LogP contribution in [0.1, 0.15) is 0 Å². The van der Waals surface area contributed by atoms with Gasteiger partial charge < -0.3 is 23.1 Å². The van der Waals surface area contributed by atoms with Crippen LogP contribution in [0.25, 0.3) is 94.9 Å². The van der Waals surface area contributed by atoms with E-state index in [1.165, 1.54) is 0 Å². The van der Waals surface area contributed by atoms with Gasteiger partial charge in [-0.1, -0.05) is 84.9 Å². The largest absolute Gasteiger partial charge is 0.456 e. The molecule has 340 valence electrons. The Hall–Kier alpha value is -10.1. The number of nitrogens with zero attached hydrogens (tertiary/aromatic N) is 7. The highest BCUT2D eigenvalue weighted by atomic mass is 16.4. The van der Waals surface area contributed by atoms with E-state index in [0.29, 0.717) is 11.8 Å². The molecule has 10 heteroatoms. The average Bonchev–Trinajstić information content (AvgIpc) is 4.26. The standard InChI is InChI=1S/C62H39N7O3/c1-3-15-44(16-4-1)67(47-19-11-13-41(35-47)42-27-33-53-56(37-42)66-69(65-53)46-17-5-2-6-18-46)49-31-34-57-52(38-49)51-32-30-50(39-60(51)70-57)68(45-28-25-40(26-29-45)61-63-54-21-7-9-23-58(54)71-61)48-20-12-14-43(36-48)62-64-55-22-8-10-24-59(55)72-62/h1-39H. The smallest absolute Gasteiger partial charge is 0.227 e. The van der Waals surface area contributed by atoms with Gasteiger partial charge in [-0.15, -0.1) is 10.2 Å². The molecule has 0 bridgehead atoms. The third-order valence-corrected chi connectivity index (χ3v) is 13.1. The van der Waals surface area contributed by atoms with Crippen LogP contribution in [0.3, 0.4) is 0 Å². The van der Waals surface area contributed by atoms with Crippen molar-refractivity contribution in [1.29, 1.82) is 0 Å². The number of furan rings is 1. The van der Waals surface area contributed by atoms with E-state index in [9.17, 15) is 0 Å². The molecule has 0 spiro atoms. The van der Waals surface area contributed by atoms with Crippen molar-refractivity contribution in [3.05, 3.63) is 237 Å². The van der Waals surface area contributed by atoms with Crippen LogP contribution < -0.4 is 9.80 Å². The molecule has 72 heavy (non-hydrogen) atoms. The van der Waals surface area contributed by atoms with Crippen LogP contribution in [0.5, 0.6) is 0 Å². The van der Waals surface area contributed by atoms with Crippen molar-refractivity contribution in [1.82, 2.24) is 25.0 Å². The van der Waals surface area contributed by atoms with Crippen LogP contribution in [-0.4, -0.2) is 25.0 Å². The van der Waals surface area contributed by atoms with E-state index in [0.717, 1.165) is 117 Å². The van der Waals surface area contributed by atoms with Gasteiger partial charge in [0.25, 0.3) is 0 Å². The zero-order valence-corrected chi connectivity index (χ0v) is 38.4. The molecule has 14 aromatic rings. The highest BCUT2D eigenvalue weighted by Gasteiger charge is 2.21. The molecule has 0 N–H and O–H groups in total. The molecule has 0 saturated heterocycles. The van der Waals surface area contributed by atoms with E-state index >= 15 is 0 Å². The van der Waals surface area contributed by atoms with Crippen molar-refractivity contribution >= 4 is 89.3 Å². The van der Waals surface area contributed by atoms with Gasteiger partial charge in [-0.25, -0.2) is 9.97 Å². The summed E-state index contributed by atoms with van der Waals surface area (Å²) < 4.78 is 19.1. The Kier molecular flexibility index (Phi) is 9.59. The fraction of sp³-hybridized carbons (Fsp3) is 0. The number of aromatic nitrogens is 5. The predicted octanol–water partition coefficient (Wildman–Crippen LogP) is 16.5. The quantitative estimate of drug-likeness (QED) is 0.133. The molecule has 0 amide bonds. The maximum absolute atomic E-state index is 6.73. The Balaban J connectivity index is 0.844. The monoisotopic (exact) mass is 929 g/mol. The number of fused-ring (bicyclic) bond motifs is 6. The molecule has 10 nitrogen and oxygen atoms in total. The van der Waals surface area contributed by atoms with Gasteiger partial charge >= 0.3 is 0 Å². The Labute approximate surface area is 411 Å². The molecule has 0 saturated carbocycles. The first kappa shape index (κ1) is 41.0. The lowest BCUT2D eigenvalue weighted by Crippen LogP contribution is -2.10. The Morgan fingerprint density at radius 2 is 0.819 bits per heavy atom. The highest BCUT2D eigenvalue weighted by Crippen LogP contribution is 2.43. The molecule has 0 fully saturated rings. The Bertz CT molecular complexity index is 4240. The normalized spacial score (nSPS) is 11.6. The molecule has 10 aromatic carbocycles. The third kappa shape index (κ3) is 7.30. The van der Waals surface area contributed by atoms with Gasteiger partial charge in [-0.3, -0.25) is 0 Å². The molecular weight excluding hydrogens is 891 g/mol. The van der Waals surface area contributed by atoms with Crippen LogP contribution in [0.2, 0.25) is 0 Å². The molecule has 0 radical (unpaired) electrons. The summed E-state index contributed by atoms with van der Waals surface area (Å²) in [4.78, 5) is 15.8. The number of para-hydroxylation sites is 6. The maximum Gasteiger partial charge on any atom is 0.227 e. The van der Waals surface area contributed by atoms with Crippen molar-refractivity contribution in [3.63, 3.8) is 0 Å². The molecule has 0 aliphatic heterocycles. The number of anilines is 6. The first-order valence-corrected chi connectivity index (χ1v) is 23.7. The molecule has 4 heterocycles. The summed E-state index contributed by atoms with van der Waals surface area (Å²) in [6.45, 7) is 0. The molecule has 0 atom stereocenters. The van der Waals surface area contributed by atoms with Crippen LogP contribution in [0.15, 0.2) is 250 Å². The lowest BCUT2D eigenvalue weighted by Gasteiger charge is -2.26. The van der Waals surface area contributed by atoms with E-state index in [1.807, 2.05) is 115 Å². The minimum absolute atomic E-state index is 0.551. The van der Waals surface area contributed by atoms with Gasteiger partial charge in [0.1, 0.15) is 33.2 Å². The number of hydrogen-bond acceptors (Lipinski definition) is 9. The topological polar surface area (TPSA) is 102 Å². The molecule has 0 aliphatic rings. The van der Waals surface area contributed by atoms with Crippen molar-refractivity contribution in [3.8, 4) is 39.7 Å².